The third-order valence-electron chi connectivity index (χ3n) is 2.43. The molecule has 2 nitrogen and oxygen atoms in total. The molecule has 2 aromatic carbocycles. The smallest absolute Gasteiger partial charge is 0.0414 e. The number of nitrogens with two attached hydrogens (primary N) is 1. The molecule has 0 saturated carbocycles. The molecule has 0 fully saturated rings. The average Bonchev–Trinajstić information content (AvgIpc) is 2.30. The maximum Gasteiger partial charge on any atom is 0.0414 e. The summed E-state index contributed by atoms with van der Waals surface area (Å²) in [6.07, 6.45) is 0. The lowest BCUT2D eigenvalue weighted by Crippen LogP contribution is -1.93. The Bertz CT molecular complexity index is 449. The van der Waals surface area contributed by atoms with Gasteiger partial charge in [0.25, 0.3) is 0 Å². The van der Waals surface area contributed by atoms with Crippen LogP contribution >= 0.6 is 0 Å². The molecule has 0 radical (unpaired) electrons. The van der Waals surface area contributed by atoms with E-state index >= 15 is 0 Å². The number of benzene rings is 2. The molecule has 0 saturated heterocycles. The van der Waals surface area contributed by atoms with Gasteiger partial charge in [-0.25, -0.2) is 0 Å². The first-order valence-electron chi connectivity index (χ1n) is 4.94. The van der Waals surface area contributed by atoms with E-state index in [1.807, 2.05) is 43.4 Å². The monoisotopic (exact) mass is 198 g/mol. The van der Waals surface area contributed by atoms with E-state index in [0.29, 0.717) is 0 Å². The SMILES string of the molecule is CNc1ccc(-c2ccccc2)c(N)c1. The fourth-order valence-corrected chi connectivity index (χ4v) is 1.60. The van der Waals surface area contributed by atoms with E-state index in [4.69, 9.17) is 5.73 Å². The van der Waals surface area contributed by atoms with Crippen LogP contribution in [0.1, 0.15) is 0 Å². The van der Waals surface area contributed by atoms with Gasteiger partial charge in [0.15, 0.2) is 0 Å². The summed E-state index contributed by atoms with van der Waals surface area (Å²) in [5, 5.41) is 3.07. The Labute approximate surface area is 89.7 Å². The first kappa shape index (κ1) is 9.59. The Morgan fingerprint density at radius 2 is 1.73 bits per heavy atom. The van der Waals surface area contributed by atoms with Gasteiger partial charge in [-0.3, -0.25) is 0 Å². The normalized spacial score (nSPS) is 9.93. The quantitative estimate of drug-likeness (QED) is 0.728. The number of nitrogen functional groups attached to an aromatic ring is 1. The summed E-state index contributed by atoms with van der Waals surface area (Å²) in [5.41, 5.74) is 10.1. The second kappa shape index (κ2) is 4.05. The molecule has 0 aromatic heterocycles. The van der Waals surface area contributed by atoms with Gasteiger partial charge < -0.3 is 11.1 Å². The van der Waals surface area contributed by atoms with Crippen LogP contribution in [0.3, 0.4) is 0 Å². The standard InChI is InChI=1S/C13H14N2/c1-15-11-7-8-12(13(14)9-11)10-5-3-2-4-6-10/h2-9,15H,14H2,1H3. The molecule has 0 aliphatic heterocycles. The van der Waals surface area contributed by atoms with Crippen molar-refractivity contribution in [3.63, 3.8) is 0 Å². The Kier molecular flexibility index (Phi) is 2.59. The predicted molar refractivity (Wildman–Crippen MR) is 65.8 cm³/mol. The van der Waals surface area contributed by atoms with Crippen molar-refractivity contribution in [3.05, 3.63) is 48.5 Å². The number of nitrogens with one attached hydrogen (secondary N) is 1. The van der Waals surface area contributed by atoms with Crippen LogP contribution in [-0.2, 0) is 0 Å². The van der Waals surface area contributed by atoms with Gasteiger partial charge in [-0.05, 0) is 17.7 Å². The van der Waals surface area contributed by atoms with Gasteiger partial charge in [0.1, 0.15) is 0 Å². The summed E-state index contributed by atoms with van der Waals surface area (Å²) in [4.78, 5) is 0. The Morgan fingerprint density at radius 1 is 1.00 bits per heavy atom. The van der Waals surface area contributed by atoms with E-state index in [1.165, 1.54) is 0 Å². The van der Waals surface area contributed by atoms with E-state index in [2.05, 4.69) is 17.4 Å². The summed E-state index contributed by atoms with van der Waals surface area (Å²) in [5.74, 6) is 0. The average molecular weight is 198 g/mol. The molecule has 2 aromatic rings. The molecule has 0 aliphatic rings. The lowest BCUT2D eigenvalue weighted by atomic mass is 10.0. The fraction of sp³-hybridized carbons (Fsp3) is 0.0769. The fourth-order valence-electron chi connectivity index (χ4n) is 1.60. The predicted octanol–water partition coefficient (Wildman–Crippen LogP) is 2.98. The van der Waals surface area contributed by atoms with Crippen LogP contribution in [0.4, 0.5) is 11.4 Å². The lowest BCUT2D eigenvalue weighted by Gasteiger charge is -2.08. The summed E-state index contributed by atoms with van der Waals surface area (Å²) in [7, 11) is 1.89. The molecule has 3 N–H and O–H groups in total. The van der Waals surface area contributed by atoms with E-state index in [-0.39, 0.29) is 0 Å². The van der Waals surface area contributed by atoms with E-state index < -0.39 is 0 Å². The molecule has 0 bridgehead atoms. The molecule has 0 amide bonds. The second-order valence-electron chi connectivity index (χ2n) is 3.42. The largest absolute Gasteiger partial charge is 0.398 e. The first-order chi connectivity index (χ1) is 7.31. The molecular weight excluding hydrogens is 184 g/mol. The minimum absolute atomic E-state index is 0.799. The highest BCUT2D eigenvalue weighted by Gasteiger charge is 2.01. The summed E-state index contributed by atoms with van der Waals surface area (Å²) >= 11 is 0. The molecule has 15 heavy (non-hydrogen) atoms. The summed E-state index contributed by atoms with van der Waals surface area (Å²) < 4.78 is 0. The third kappa shape index (κ3) is 1.94. The maximum atomic E-state index is 5.99. The molecule has 2 rings (SSSR count). The second-order valence-corrected chi connectivity index (χ2v) is 3.42. The van der Waals surface area contributed by atoms with Crippen molar-refractivity contribution in [1.82, 2.24) is 0 Å². The zero-order valence-electron chi connectivity index (χ0n) is 8.70. The van der Waals surface area contributed by atoms with Crippen LogP contribution in [0, 0.1) is 0 Å². The third-order valence-corrected chi connectivity index (χ3v) is 2.43. The van der Waals surface area contributed by atoms with Crippen molar-refractivity contribution < 1.29 is 0 Å². The molecule has 0 aliphatic carbocycles. The Hall–Kier alpha value is -1.96. The van der Waals surface area contributed by atoms with Crippen LogP contribution in [-0.4, -0.2) is 7.05 Å². The van der Waals surface area contributed by atoms with Gasteiger partial charge in [0.05, 0.1) is 0 Å². The Balaban J connectivity index is 2.46. The Morgan fingerprint density at radius 3 is 2.33 bits per heavy atom. The lowest BCUT2D eigenvalue weighted by molar-refractivity contribution is 1.51. The number of anilines is 2. The molecule has 0 unspecified atom stereocenters. The van der Waals surface area contributed by atoms with Crippen LogP contribution in [0.5, 0.6) is 0 Å². The number of hydrogen-bond acceptors (Lipinski definition) is 2. The number of hydrogen-bond donors (Lipinski definition) is 2. The van der Waals surface area contributed by atoms with Crippen molar-refractivity contribution in [3.8, 4) is 11.1 Å². The van der Waals surface area contributed by atoms with Gasteiger partial charge in [-0.15, -0.1) is 0 Å². The van der Waals surface area contributed by atoms with Gasteiger partial charge in [-0.1, -0.05) is 36.4 Å². The molecule has 0 spiro atoms. The van der Waals surface area contributed by atoms with Crippen LogP contribution in [0.2, 0.25) is 0 Å². The zero-order valence-corrected chi connectivity index (χ0v) is 8.70. The molecule has 0 heterocycles. The minimum atomic E-state index is 0.799. The zero-order chi connectivity index (χ0) is 10.7. The van der Waals surface area contributed by atoms with E-state index in [0.717, 1.165) is 22.5 Å². The van der Waals surface area contributed by atoms with Gasteiger partial charge in [0, 0.05) is 24.0 Å². The van der Waals surface area contributed by atoms with Gasteiger partial charge in [0.2, 0.25) is 0 Å². The van der Waals surface area contributed by atoms with Crippen molar-refractivity contribution in [2.75, 3.05) is 18.1 Å². The topological polar surface area (TPSA) is 38.0 Å². The minimum Gasteiger partial charge on any atom is -0.398 e. The molecule has 76 valence electrons. The van der Waals surface area contributed by atoms with Crippen molar-refractivity contribution in [1.29, 1.82) is 0 Å². The van der Waals surface area contributed by atoms with Crippen molar-refractivity contribution >= 4 is 11.4 Å². The highest BCUT2D eigenvalue weighted by atomic mass is 14.8. The van der Waals surface area contributed by atoms with Gasteiger partial charge >= 0.3 is 0 Å². The highest BCUT2D eigenvalue weighted by Crippen LogP contribution is 2.27. The van der Waals surface area contributed by atoms with Crippen molar-refractivity contribution in [2.24, 2.45) is 0 Å². The van der Waals surface area contributed by atoms with Gasteiger partial charge in [-0.2, -0.15) is 0 Å². The maximum absolute atomic E-state index is 5.99. The molecule has 2 heteroatoms. The number of rotatable bonds is 2. The van der Waals surface area contributed by atoms with Crippen LogP contribution in [0.15, 0.2) is 48.5 Å². The first-order valence-corrected chi connectivity index (χ1v) is 4.94. The van der Waals surface area contributed by atoms with Crippen LogP contribution < -0.4 is 11.1 Å². The van der Waals surface area contributed by atoms with E-state index in [9.17, 15) is 0 Å². The summed E-state index contributed by atoms with van der Waals surface area (Å²) in [6, 6.07) is 16.2. The van der Waals surface area contributed by atoms with E-state index in [1.54, 1.807) is 0 Å². The van der Waals surface area contributed by atoms with Crippen molar-refractivity contribution in [2.45, 2.75) is 0 Å². The molecule has 0 atom stereocenters. The molecular formula is C13H14N2. The summed E-state index contributed by atoms with van der Waals surface area (Å²) in [6.45, 7) is 0. The van der Waals surface area contributed by atoms with Crippen LogP contribution in [0.25, 0.3) is 11.1 Å². The highest BCUT2D eigenvalue weighted by molar-refractivity contribution is 5.79.